The number of rotatable bonds is 5. The van der Waals surface area contributed by atoms with E-state index in [1.165, 1.54) is 5.56 Å². The summed E-state index contributed by atoms with van der Waals surface area (Å²) >= 11 is 0. The predicted molar refractivity (Wildman–Crippen MR) is 62.8 cm³/mol. The van der Waals surface area contributed by atoms with Gasteiger partial charge in [-0.3, -0.25) is 4.98 Å². The minimum Gasteiger partial charge on any atom is -0.392 e. The van der Waals surface area contributed by atoms with Crippen molar-refractivity contribution >= 4 is 0 Å². The molecule has 0 aliphatic heterocycles. The Labute approximate surface area is 92.4 Å². The van der Waals surface area contributed by atoms with Crippen LogP contribution in [-0.4, -0.2) is 16.2 Å². The summed E-state index contributed by atoms with van der Waals surface area (Å²) in [5, 5.41) is 10.0. The van der Waals surface area contributed by atoms with Crippen molar-refractivity contribution in [2.75, 3.05) is 0 Å². The molecule has 2 heteroatoms. The summed E-state index contributed by atoms with van der Waals surface area (Å²) in [6.07, 6.45) is 4.28. The van der Waals surface area contributed by atoms with E-state index >= 15 is 0 Å². The van der Waals surface area contributed by atoms with E-state index in [0.29, 0.717) is 12.3 Å². The zero-order valence-corrected chi connectivity index (χ0v) is 9.90. The number of nitrogens with zero attached hydrogens (tertiary/aromatic N) is 1. The number of hydrogen-bond acceptors (Lipinski definition) is 2. The van der Waals surface area contributed by atoms with E-state index in [9.17, 15) is 5.11 Å². The van der Waals surface area contributed by atoms with Crippen LogP contribution in [0.1, 0.15) is 37.9 Å². The van der Waals surface area contributed by atoms with Crippen LogP contribution < -0.4 is 0 Å². The van der Waals surface area contributed by atoms with E-state index in [1.54, 1.807) is 6.20 Å². The number of aromatic nitrogens is 1. The third-order valence-corrected chi connectivity index (χ3v) is 3.11. The highest BCUT2D eigenvalue weighted by Crippen LogP contribution is 2.17. The standard InChI is InChI=1S/C13H21NO/c1-4-11(5-2)13(15)9-12-10(3)7-6-8-14-12/h6-8,11,13,15H,4-5,9H2,1-3H3. The molecule has 0 amide bonds. The molecule has 1 unspecified atom stereocenters. The van der Waals surface area contributed by atoms with Crippen molar-refractivity contribution in [2.24, 2.45) is 5.92 Å². The third kappa shape index (κ3) is 3.31. The lowest BCUT2D eigenvalue weighted by Crippen LogP contribution is -2.22. The van der Waals surface area contributed by atoms with E-state index in [4.69, 9.17) is 0 Å². The van der Waals surface area contributed by atoms with E-state index in [0.717, 1.165) is 18.5 Å². The Morgan fingerprint density at radius 1 is 1.33 bits per heavy atom. The van der Waals surface area contributed by atoms with Gasteiger partial charge in [-0.25, -0.2) is 0 Å². The molecule has 0 aromatic carbocycles. The first-order valence-corrected chi connectivity index (χ1v) is 5.77. The molecule has 0 saturated heterocycles. The second-order valence-corrected chi connectivity index (χ2v) is 4.12. The summed E-state index contributed by atoms with van der Waals surface area (Å²) in [7, 11) is 0. The Morgan fingerprint density at radius 3 is 2.53 bits per heavy atom. The SMILES string of the molecule is CCC(CC)C(O)Cc1ncccc1C. The molecular formula is C13H21NO. The maximum absolute atomic E-state index is 10.0. The van der Waals surface area contributed by atoms with Crippen LogP contribution in [0.5, 0.6) is 0 Å². The zero-order valence-electron chi connectivity index (χ0n) is 9.90. The minimum absolute atomic E-state index is 0.256. The minimum atomic E-state index is -0.256. The average molecular weight is 207 g/mol. The first-order valence-electron chi connectivity index (χ1n) is 5.77. The summed E-state index contributed by atoms with van der Waals surface area (Å²) in [5.41, 5.74) is 2.19. The van der Waals surface area contributed by atoms with Gasteiger partial charge in [0.1, 0.15) is 0 Å². The molecule has 15 heavy (non-hydrogen) atoms. The summed E-state index contributed by atoms with van der Waals surface area (Å²) < 4.78 is 0. The number of aryl methyl sites for hydroxylation is 1. The van der Waals surface area contributed by atoms with Gasteiger partial charge in [0.25, 0.3) is 0 Å². The smallest absolute Gasteiger partial charge is 0.0623 e. The van der Waals surface area contributed by atoms with Gasteiger partial charge in [0.05, 0.1) is 6.10 Å². The first-order chi connectivity index (χ1) is 7.19. The van der Waals surface area contributed by atoms with Gasteiger partial charge in [-0.2, -0.15) is 0 Å². The van der Waals surface area contributed by atoms with Crippen molar-refractivity contribution in [2.45, 2.75) is 46.1 Å². The fourth-order valence-electron chi connectivity index (χ4n) is 1.93. The Morgan fingerprint density at radius 2 is 2.00 bits per heavy atom. The number of aliphatic hydroxyl groups excluding tert-OH is 1. The summed E-state index contributed by atoms with van der Waals surface area (Å²) in [4.78, 5) is 4.31. The molecule has 1 heterocycles. The fraction of sp³-hybridized carbons (Fsp3) is 0.615. The van der Waals surface area contributed by atoms with Crippen molar-refractivity contribution in [3.05, 3.63) is 29.6 Å². The van der Waals surface area contributed by atoms with Gasteiger partial charge in [-0.1, -0.05) is 32.8 Å². The number of pyridine rings is 1. The highest BCUT2D eigenvalue weighted by atomic mass is 16.3. The third-order valence-electron chi connectivity index (χ3n) is 3.11. The van der Waals surface area contributed by atoms with Gasteiger partial charge in [-0.05, 0) is 24.5 Å². The Bertz CT molecular complexity index is 294. The quantitative estimate of drug-likeness (QED) is 0.805. The van der Waals surface area contributed by atoms with Crippen LogP contribution in [0, 0.1) is 12.8 Å². The van der Waals surface area contributed by atoms with Gasteiger partial charge in [0.2, 0.25) is 0 Å². The van der Waals surface area contributed by atoms with Gasteiger partial charge in [0.15, 0.2) is 0 Å². The van der Waals surface area contributed by atoms with Crippen molar-refractivity contribution in [1.82, 2.24) is 4.98 Å². The summed E-state index contributed by atoms with van der Waals surface area (Å²) in [5.74, 6) is 0.395. The topological polar surface area (TPSA) is 33.1 Å². The van der Waals surface area contributed by atoms with Crippen LogP contribution in [0.25, 0.3) is 0 Å². The molecule has 1 N–H and O–H groups in total. The molecule has 84 valence electrons. The fourth-order valence-corrected chi connectivity index (χ4v) is 1.93. The molecule has 0 aliphatic rings. The van der Waals surface area contributed by atoms with Crippen molar-refractivity contribution in [3.8, 4) is 0 Å². The molecule has 1 aromatic rings. The van der Waals surface area contributed by atoms with Crippen LogP contribution in [0.4, 0.5) is 0 Å². The maximum atomic E-state index is 10.0. The van der Waals surface area contributed by atoms with Crippen LogP contribution in [0.3, 0.4) is 0 Å². The molecule has 0 radical (unpaired) electrons. The van der Waals surface area contributed by atoms with Gasteiger partial charge >= 0.3 is 0 Å². The largest absolute Gasteiger partial charge is 0.392 e. The molecular weight excluding hydrogens is 186 g/mol. The normalized spacial score (nSPS) is 13.1. The lowest BCUT2D eigenvalue weighted by atomic mass is 9.92. The van der Waals surface area contributed by atoms with Gasteiger partial charge in [-0.15, -0.1) is 0 Å². The van der Waals surface area contributed by atoms with Gasteiger partial charge < -0.3 is 5.11 Å². The van der Waals surface area contributed by atoms with Crippen LogP contribution in [-0.2, 0) is 6.42 Å². The monoisotopic (exact) mass is 207 g/mol. The maximum Gasteiger partial charge on any atom is 0.0623 e. The molecule has 1 atom stereocenters. The van der Waals surface area contributed by atoms with Crippen LogP contribution >= 0.6 is 0 Å². The Balaban J connectivity index is 2.65. The summed E-state index contributed by atoms with van der Waals surface area (Å²) in [6, 6.07) is 3.98. The van der Waals surface area contributed by atoms with Crippen molar-refractivity contribution < 1.29 is 5.11 Å². The second kappa shape index (κ2) is 5.86. The number of aliphatic hydroxyl groups is 1. The average Bonchev–Trinajstić information content (AvgIpc) is 2.23. The van der Waals surface area contributed by atoms with E-state index in [1.807, 2.05) is 19.1 Å². The molecule has 1 rings (SSSR count). The van der Waals surface area contributed by atoms with Crippen molar-refractivity contribution in [1.29, 1.82) is 0 Å². The number of hydrogen-bond donors (Lipinski definition) is 1. The molecule has 2 nitrogen and oxygen atoms in total. The first kappa shape index (κ1) is 12.2. The predicted octanol–water partition coefficient (Wildman–Crippen LogP) is 2.73. The van der Waals surface area contributed by atoms with Crippen molar-refractivity contribution in [3.63, 3.8) is 0 Å². The second-order valence-electron chi connectivity index (χ2n) is 4.12. The lowest BCUT2D eigenvalue weighted by molar-refractivity contribution is 0.102. The molecule has 0 aliphatic carbocycles. The molecule has 0 bridgehead atoms. The highest BCUT2D eigenvalue weighted by Gasteiger charge is 2.17. The molecule has 0 fully saturated rings. The van der Waals surface area contributed by atoms with E-state index in [2.05, 4.69) is 18.8 Å². The zero-order chi connectivity index (χ0) is 11.3. The molecule has 1 aromatic heterocycles. The highest BCUT2D eigenvalue weighted by molar-refractivity contribution is 5.18. The summed E-state index contributed by atoms with van der Waals surface area (Å²) in [6.45, 7) is 6.30. The molecule has 0 saturated carbocycles. The van der Waals surface area contributed by atoms with Crippen LogP contribution in [0.2, 0.25) is 0 Å². The Kier molecular flexibility index (Phi) is 4.76. The molecule has 0 spiro atoms. The van der Waals surface area contributed by atoms with E-state index in [-0.39, 0.29) is 6.10 Å². The Hall–Kier alpha value is -0.890. The van der Waals surface area contributed by atoms with E-state index < -0.39 is 0 Å². The lowest BCUT2D eigenvalue weighted by Gasteiger charge is -2.20. The van der Waals surface area contributed by atoms with Gasteiger partial charge in [0, 0.05) is 18.3 Å². The van der Waals surface area contributed by atoms with Crippen LogP contribution in [0.15, 0.2) is 18.3 Å².